The molecule has 2 aliphatic rings. The lowest BCUT2D eigenvalue weighted by molar-refractivity contribution is 0.269. The van der Waals surface area contributed by atoms with Crippen molar-refractivity contribution in [3.8, 4) is 11.5 Å². The van der Waals surface area contributed by atoms with Gasteiger partial charge in [-0.25, -0.2) is 0 Å². The van der Waals surface area contributed by atoms with Gasteiger partial charge in [-0.3, -0.25) is 4.90 Å². The third-order valence-electron chi connectivity index (χ3n) is 7.05. The van der Waals surface area contributed by atoms with Crippen molar-refractivity contribution >= 4 is 0 Å². The topological polar surface area (TPSA) is 24.9 Å². The van der Waals surface area contributed by atoms with E-state index < -0.39 is 0 Å². The quantitative estimate of drug-likeness (QED) is 0.434. The molecule has 0 spiro atoms. The summed E-state index contributed by atoms with van der Waals surface area (Å²) in [7, 11) is 0. The maximum absolute atomic E-state index is 6.00. The molecule has 4 heteroatoms. The van der Waals surface area contributed by atoms with E-state index in [1.807, 2.05) is 0 Å². The van der Waals surface area contributed by atoms with Crippen LogP contribution in [0.2, 0.25) is 0 Å². The summed E-state index contributed by atoms with van der Waals surface area (Å²) in [6.45, 7) is 20.2. The molecule has 0 amide bonds. The first kappa shape index (κ1) is 24.7. The lowest BCUT2D eigenvalue weighted by Crippen LogP contribution is -2.28. The molecule has 2 aromatic rings. The molecule has 2 aromatic carbocycles. The fourth-order valence-corrected chi connectivity index (χ4v) is 5.29. The van der Waals surface area contributed by atoms with Crippen LogP contribution in [0.1, 0.15) is 55.4 Å². The number of aryl methyl sites for hydroxylation is 2. The molecular weight excluding hydrogens is 420 g/mol. The highest BCUT2D eigenvalue weighted by Crippen LogP contribution is 2.35. The molecule has 1 atom stereocenters. The van der Waals surface area contributed by atoms with Crippen molar-refractivity contribution in [3.63, 3.8) is 0 Å². The number of benzene rings is 2. The Morgan fingerprint density at radius 1 is 1.12 bits per heavy atom. The summed E-state index contributed by atoms with van der Waals surface area (Å²) in [6.07, 6.45) is 3.26. The van der Waals surface area contributed by atoms with Gasteiger partial charge in [0, 0.05) is 38.3 Å². The molecule has 34 heavy (non-hydrogen) atoms. The van der Waals surface area contributed by atoms with Crippen LogP contribution in [-0.4, -0.2) is 42.6 Å². The van der Waals surface area contributed by atoms with E-state index in [1.54, 1.807) is 0 Å². The molecule has 2 heterocycles. The fourth-order valence-electron chi connectivity index (χ4n) is 5.29. The van der Waals surface area contributed by atoms with Gasteiger partial charge in [-0.15, -0.1) is 0 Å². The summed E-state index contributed by atoms with van der Waals surface area (Å²) in [4.78, 5) is 5.10. The molecule has 0 aromatic heterocycles. The van der Waals surface area contributed by atoms with Crippen LogP contribution in [0.3, 0.4) is 0 Å². The van der Waals surface area contributed by atoms with Crippen molar-refractivity contribution in [3.05, 3.63) is 70.9 Å². The van der Waals surface area contributed by atoms with E-state index in [4.69, 9.17) is 9.47 Å². The Balaban J connectivity index is 1.39. The summed E-state index contributed by atoms with van der Waals surface area (Å²) < 4.78 is 11.9. The second-order valence-electron chi connectivity index (χ2n) is 10.7. The highest BCUT2D eigenvalue weighted by molar-refractivity contribution is 5.49. The first-order chi connectivity index (χ1) is 16.4. The van der Waals surface area contributed by atoms with Crippen molar-refractivity contribution in [2.24, 2.45) is 11.8 Å². The third kappa shape index (κ3) is 6.35. The summed E-state index contributed by atoms with van der Waals surface area (Å²) in [6, 6.07) is 13.2. The van der Waals surface area contributed by atoms with Gasteiger partial charge in [0.1, 0.15) is 0 Å². The van der Waals surface area contributed by atoms with Crippen LogP contribution in [0.4, 0.5) is 0 Å². The average Bonchev–Trinajstić information content (AvgIpc) is 3.07. The Labute approximate surface area is 206 Å². The third-order valence-corrected chi connectivity index (χ3v) is 7.05. The van der Waals surface area contributed by atoms with Gasteiger partial charge in [0.25, 0.3) is 0 Å². The van der Waals surface area contributed by atoms with Gasteiger partial charge in [-0.05, 0) is 73.4 Å². The zero-order chi connectivity index (χ0) is 24.1. The molecule has 0 radical (unpaired) electrons. The first-order valence-electron chi connectivity index (χ1n) is 13.0. The van der Waals surface area contributed by atoms with Gasteiger partial charge in [0.2, 0.25) is 0 Å². The van der Waals surface area contributed by atoms with Gasteiger partial charge in [0.05, 0.1) is 13.2 Å². The molecule has 1 saturated heterocycles. The monoisotopic (exact) mass is 462 g/mol. The maximum atomic E-state index is 6.00. The Kier molecular flexibility index (Phi) is 8.20. The summed E-state index contributed by atoms with van der Waals surface area (Å²) >= 11 is 0. The number of rotatable bonds is 9. The molecule has 4 nitrogen and oxygen atoms in total. The zero-order valence-electron chi connectivity index (χ0n) is 21.6. The molecule has 0 N–H and O–H groups in total. The molecule has 0 aliphatic carbocycles. The van der Waals surface area contributed by atoms with Crippen LogP contribution < -0.4 is 9.47 Å². The summed E-state index contributed by atoms with van der Waals surface area (Å²) in [5.41, 5.74) is 6.54. The molecule has 184 valence electrons. The number of hydrogen-bond acceptors (Lipinski definition) is 4. The van der Waals surface area contributed by atoms with Crippen LogP contribution in [0, 0.1) is 25.7 Å². The van der Waals surface area contributed by atoms with E-state index in [9.17, 15) is 0 Å². The molecule has 1 unspecified atom stereocenters. The number of nitrogens with zero attached hydrogens (tertiary/aromatic N) is 2. The number of hydrogen-bond donors (Lipinski definition) is 0. The minimum Gasteiger partial charge on any atom is -0.490 e. The van der Waals surface area contributed by atoms with E-state index in [1.165, 1.54) is 35.4 Å². The fraction of sp³-hybridized carbons (Fsp3) is 0.533. The SMILES string of the molecule is C=C(CC1CCN(Cc2ccccc2C)C1)N(Cc1cc(C)c2c(c1)OCCCO2)CC(C)C. The second kappa shape index (κ2) is 11.3. The largest absolute Gasteiger partial charge is 0.490 e. The second-order valence-corrected chi connectivity index (χ2v) is 10.7. The Morgan fingerprint density at radius 2 is 1.91 bits per heavy atom. The Bertz CT molecular complexity index is 984. The Morgan fingerprint density at radius 3 is 2.71 bits per heavy atom. The van der Waals surface area contributed by atoms with Crippen LogP contribution in [0.5, 0.6) is 11.5 Å². The van der Waals surface area contributed by atoms with Crippen molar-refractivity contribution < 1.29 is 9.47 Å². The molecule has 2 aliphatic heterocycles. The number of allylic oxidation sites excluding steroid dienone is 1. The standard InChI is InChI=1S/C30H42N2O2/c1-22(2)18-32(20-27-15-24(4)30-29(17-27)33-13-8-14-34-30)25(5)16-26-11-12-31(19-26)21-28-10-7-6-9-23(28)3/h6-7,9-10,15,17,22,26H,5,8,11-14,16,18-21H2,1-4H3. The van der Waals surface area contributed by atoms with Gasteiger partial charge < -0.3 is 14.4 Å². The molecule has 1 fully saturated rings. The predicted molar refractivity (Wildman–Crippen MR) is 140 cm³/mol. The minimum absolute atomic E-state index is 0.583. The zero-order valence-corrected chi connectivity index (χ0v) is 21.6. The van der Waals surface area contributed by atoms with Crippen molar-refractivity contribution in [2.75, 3.05) is 32.8 Å². The van der Waals surface area contributed by atoms with Gasteiger partial charge in [-0.1, -0.05) is 50.8 Å². The number of ether oxygens (including phenoxy) is 2. The lowest BCUT2D eigenvalue weighted by Gasteiger charge is -2.30. The predicted octanol–water partition coefficient (Wildman–Crippen LogP) is 6.35. The van der Waals surface area contributed by atoms with Gasteiger partial charge >= 0.3 is 0 Å². The minimum atomic E-state index is 0.583. The van der Waals surface area contributed by atoms with Crippen LogP contribution in [-0.2, 0) is 13.1 Å². The Hall–Kier alpha value is -2.46. The van der Waals surface area contributed by atoms with Crippen molar-refractivity contribution in [1.82, 2.24) is 9.80 Å². The average molecular weight is 463 g/mol. The highest BCUT2D eigenvalue weighted by atomic mass is 16.5. The number of fused-ring (bicyclic) bond motifs is 1. The van der Waals surface area contributed by atoms with Gasteiger partial charge in [-0.2, -0.15) is 0 Å². The summed E-state index contributed by atoms with van der Waals surface area (Å²) in [5.74, 6) is 3.07. The lowest BCUT2D eigenvalue weighted by atomic mass is 10.0. The van der Waals surface area contributed by atoms with E-state index in [-0.39, 0.29) is 0 Å². The van der Waals surface area contributed by atoms with Crippen molar-refractivity contribution in [2.45, 2.75) is 60.0 Å². The molecule has 0 bridgehead atoms. The molecule has 0 saturated carbocycles. The smallest absolute Gasteiger partial charge is 0.164 e. The van der Waals surface area contributed by atoms with Crippen LogP contribution >= 0.6 is 0 Å². The van der Waals surface area contributed by atoms with E-state index in [0.717, 1.165) is 69.3 Å². The normalized spacial score (nSPS) is 18.2. The first-order valence-corrected chi connectivity index (χ1v) is 13.0. The maximum Gasteiger partial charge on any atom is 0.164 e. The highest BCUT2D eigenvalue weighted by Gasteiger charge is 2.25. The van der Waals surface area contributed by atoms with E-state index >= 15 is 0 Å². The molecule has 4 rings (SSSR count). The van der Waals surface area contributed by atoms with Crippen LogP contribution in [0.15, 0.2) is 48.7 Å². The van der Waals surface area contributed by atoms with E-state index in [2.05, 4.69) is 80.5 Å². The van der Waals surface area contributed by atoms with Crippen molar-refractivity contribution in [1.29, 1.82) is 0 Å². The van der Waals surface area contributed by atoms with E-state index in [0.29, 0.717) is 11.8 Å². The summed E-state index contributed by atoms with van der Waals surface area (Å²) in [5, 5.41) is 0. The van der Waals surface area contributed by atoms with Crippen LogP contribution in [0.25, 0.3) is 0 Å². The molecular formula is C30H42N2O2. The number of likely N-dealkylation sites (tertiary alicyclic amines) is 1. The van der Waals surface area contributed by atoms with Gasteiger partial charge in [0.15, 0.2) is 11.5 Å².